The van der Waals surface area contributed by atoms with Gasteiger partial charge in [-0.3, -0.25) is 9.78 Å². The molecular formula is C22H32N4O3S2. The van der Waals surface area contributed by atoms with Crippen molar-refractivity contribution in [3.8, 4) is 0 Å². The summed E-state index contributed by atoms with van der Waals surface area (Å²) < 4.78 is -0.197. The largest absolute Gasteiger partial charge is 0.480 e. The van der Waals surface area contributed by atoms with Gasteiger partial charge in [0.25, 0.3) is 0 Å². The molecule has 0 saturated heterocycles. The molecule has 0 aromatic carbocycles. The number of aliphatic carboxylic acids is 1. The maximum Gasteiger partial charge on any atom is 0.321 e. The van der Waals surface area contributed by atoms with Gasteiger partial charge in [0.15, 0.2) is 4.34 Å². The predicted octanol–water partition coefficient (Wildman–Crippen LogP) is 5.54. The Morgan fingerprint density at radius 3 is 2.68 bits per heavy atom. The lowest BCUT2D eigenvalue weighted by Crippen LogP contribution is -2.37. The maximum atomic E-state index is 12.8. The highest BCUT2D eigenvalue weighted by atomic mass is 32.2. The standard InChI is InChI=1S/C22H32N4O3S2/c1-4-5-6-7-8-13-26(20(29)24-17-10-9-12-23-15-17)14-11-18-16-30-21(25-18)31-22(2,3)19(27)28/h9-10,12,15-16H,4-8,11,13-14H2,1-3H3,(H,24,29)(H,27,28). The second-order valence-electron chi connectivity index (χ2n) is 7.85. The number of carbonyl (C=O) groups is 2. The number of thioether (sulfide) groups is 1. The Kier molecular flexibility index (Phi) is 10.3. The minimum absolute atomic E-state index is 0.139. The van der Waals surface area contributed by atoms with Gasteiger partial charge in [-0.1, -0.05) is 44.4 Å². The molecule has 0 bridgehead atoms. The summed E-state index contributed by atoms with van der Waals surface area (Å²) in [5.41, 5.74) is 1.55. The normalized spacial score (nSPS) is 11.3. The molecule has 0 aliphatic rings. The van der Waals surface area contributed by atoms with Crippen LogP contribution < -0.4 is 5.32 Å². The molecule has 0 unspecified atom stereocenters. The van der Waals surface area contributed by atoms with Gasteiger partial charge in [-0.15, -0.1) is 11.3 Å². The van der Waals surface area contributed by atoms with Crippen molar-refractivity contribution in [1.82, 2.24) is 14.9 Å². The minimum Gasteiger partial charge on any atom is -0.480 e. The molecule has 0 atom stereocenters. The number of rotatable bonds is 13. The van der Waals surface area contributed by atoms with Gasteiger partial charge < -0.3 is 15.3 Å². The summed E-state index contributed by atoms with van der Waals surface area (Å²) in [6.07, 6.45) is 9.58. The third kappa shape index (κ3) is 8.86. The van der Waals surface area contributed by atoms with Crippen LogP contribution in [0.5, 0.6) is 0 Å². The van der Waals surface area contributed by atoms with Crippen molar-refractivity contribution in [2.45, 2.75) is 68.4 Å². The highest BCUT2D eigenvalue weighted by molar-refractivity contribution is 8.02. The van der Waals surface area contributed by atoms with Crippen molar-refractivity contribution in [3.63, 3.8) is 0 Å². The smallest absolute Gasteiger partial charge is 0.321 e. The fourth-order valence-corrected chi connectivity index (χ4v) is 5.05. The van der Waals surface area contributed by atoms with Crippen LogP contribution in [-0.4, -0.2) is 49.8 Å². The lowest BCUT2D eigenvalue weighted by atomic mass is 10.1. The summed E-state index contributed by atoms with van der Waals surface area (Å²) in [6, 6.07) is 3.47. The Bertz CT molecular complexity index is 827. The summed E-state index contributed by atoms with van der Waals surface area (Å²) in [7, 11) is 0. The Morgan fingerprint density at radius 1 is 1.23 bits per heavy atom. The highest BCUT2D eigenvalue weighted by Crippen LogP contribution is 2.34. The Hall–Kier alpha value is -2.13. The molecule has 0 fully saturated rings. The van der Waals surface area contributed by atoms with Gasteiger partial charge in [-0.25, -0.2) is 9.78 Å². The van der Waals surface area contributed by atoms with Gasteiger partial charge in [-0.2, -0.15) is 0 Å². The average molecular weight is 465 g/mol. The van der Waals surface area contributed by atoms with Crippen molar-refractivity contribution in [3.05, 3.63) is 35.6 Å². The summed E-state index contributed by atoms with van der Waals surface area (Å²) in [5, 5.41) is 14.2. The highest BCUT2D eigenvalue weighted by Gasteiger charge is 2.29. The molecule has 0 saturated carbocycles. The van der Waals surface area contributed by atoms with Crippen LogP contribution in [0.2, 0.25) is 0 Å². The Balaban J connectivity index is 1.95. The molecule has 2 aromatic rings. The van der Waals surface area contributed by atoms with E-state index >= 15 is 0 Å². The third-order valence-electron chi connectivity index (χ3n) is 4.76. The van der Waals surface area contributed by atoms with Crippen LogP contribution in [-0.2, 0) is 11.2 Å². The molecule has 31 heavy (non-hydrogen) atoms. The van der Waals surface area contributed by atoms with Gasteiger partial charge in [0, 0.05) is 31.1 Å². The number of carbonyl (C=O) groups excluding carboxylic acids is 1. The first-order chi connectivity index (χ1) is 14.8. The number of hydrogen-bond acceptors (Lipinski definition) is 6. The quantitative estimate of drug-likeness (QED) is 0.298. The van der Waals surface area contributed by atoms with Crippen LogP contribution in [0.15, 0.2) is 34.2 Å². The van der Waals surface area contributed by atoms with Gasteiger partial charge in [0.05, 0.1) is 17.6 Å². The zero-order valence-electron chi connectivity index (χ0n) is 18.5. The molecule has 7 nitrogen and oxygen atoms in total. The number of thiazole rings is 1. The van der Waals surface area contributed by atoms with Crippen LogP contribution in [0.1, 0.15) is 58.6 Å². The molecule has 0 aliphatic heterocycles. The molecule has 2 heterocycles. The van der Waals surface area contributed by atoms with Crippen LogP contribution in [0.3, 0.4) is 0 Å². The van der Waals surface area contributed by atoms with Crippen molar-refractivity contribution >= 4 is 40.8 Å². The molecule has 0 radical (unpaired) electrons. The SMILES string of the molecule is CCCCCCCN(CCc1csc(SC(C)(C)C(=O)O)n1)C(=O)Nc1cccnc1. The van der Waals surface area contributed by atoms with E-state index in [9.17, 15) is 14.7 Å². The molecule has 2 aromatic heterocycles. The number of carboxylic acids is 1. The molecule has 2 amide bonds. The first-order valence-electron chi connectivity index (χ1n) is 10.6. The first-order valence-corrected chi connectivity index (χ1v) is 12.3. The zero-order valence-corrected chi connectivity index (χ0v) is 20.1. The van der Waals surface area contributed by atoms with Gasteiger partial charge in [0.2, 0.25) is 0 Å². The number of nitrogens with one attached hydrogen (secondary N) is 1. The third-order valence-corrected chi connectivity index (χ3v) is 6.93. The number of hydrogen-bond donors (Lipinski definition) is 2. The monoisotopic (exact) mass is 464 g/mol. The van der Waals surface area contributed by atoms with E-state index in [1.54, 1.807) is 32.3 Å². The van der Waals surface area contributed by atoms with E-state index in [1.807, 2.05) is 16.3 Å². The van der Waals surface area contributed by atoms with Crippen molar-refractivity contribution < 1.29 is 14.7 Å². The van der Waals surface area contributed by atoms with E-state index in [0.29, 0.717) is 25.2 Å². The minimum atomic E-state index is -0.927. The van der Waals surface area contributed by atoms with Crippen LogP contribution >= 0.6 is 23.1 Å². The fraction of sp³-hybridized carbons (Fsp3) is 0.545. The van der Waals surface area contributed by atoms with E-state index in [2.05, 4.69) is 22.2 Å². The zero-order chi connectivity index (χ0) is 22.7. The number of aromatic nitrogens is 2. The van der Waals surface area contributed by atoms with Crippen molar-refractivity contribution in [1.29, 1.82) is 0 Å². The van der Waals surface area contributed by atoms with Crippen LogP contribution in [0, 0.1) is 0 Å². The maximum absolute atomic E-state index is 12.8. The Morgan fingerprint density at radius 2 is 2.00 bits per heavy atom. The number of urea groups is 1. The number of unbranched alkanes of at least 4 members (excludes halogenated alkanes) is 4. The molecule has 2 N–H and O–H groups in total. The number of anilines is 1. The van der Waals surface area contributed by atoms with E-state index in [-0.39, 0.29) is 6.03 Å². The van der Waals surface area contributed by atoms with Crippen LogP contribution in [0.4, 0.5) is 10.5 Å². The molecule has 0 aliphatic carbocycles. The van der Waals surface area contributed by atoms with E-state index in [1.165, 1.54) is 42.4 Å². The van der Waals surface area contributed by atoms with Crippen molar-refractivity contribution in [2.75, 3.05) is 18.4 Å². The predicted molar refractivity (Wildman–Crippen MR) is 127 cm³/mol. The summed E-state index contributed by atoms with van der Waals surface area (Å²) >= 11 is 2.69. The summed E-state index contributed by atoms with van der Waals surface area (Å²) in [5.74, 6) is -0.865. The molecule has 170 valence electrons. The van der Waals surface area contributed by atoms with Gasteiger partial charge in [0.1, 0.15) is 4.75 Å². The number of nitrogens with zero attached hydrogens (tertiary/aromatic N) is 3. The second kappa shape index (κ2) is 12.7. The lowest BCUT2D eigenvalue weighted by Gasteiger charge is -2.23. The van der Waals surface area contributed by atoms with Crippen molar-refractivity contribution in [2.24, 2.45) is 0 Å². The second-order valence-corrected chi connectivity index (χ2v) is 10.6. The molecule has 2 rings (SSSR count). The Labute approximate surface area is 192 Å². The number of carboxylic acid groups (broad SMARTS) is 1. The molecule has 9 heteroatoms. The van der Waals surface area contributed by atoms with E-state index in [0.717, 1.165) is 22.9 Å². The van der Waals surface area contributed by atoms with E-state index in [4.69, 9.17) is 0 Å². The van der Waals surface area contributed by atoms with Crippen LogP contribution in [0.25, 0.3) is 0 Å². The number of amides is 2. The van der Waals surface area contributed by atoms with Gasteiger partial charge in [-0.05, 0) is 32.4 Å². The van der Waals surface area contributed by atoms with Gasteiger partial charge >= 0.3 is 12.0 Å². The molecular weight excluding hydrogens is 432 g/mol. The average Bonchev–Trinajstić information content (AvgIpc) is 3.17. The lowest BCUT2D eigenvalue weighted by molar-refractivity contribution is -0.138. The first kappa shape index (κ1) is 25.1. The molecule has 0 spiro atoms. The topological polar surface area (TPSA) is 95.4 Å². The summed E-state index contributed by atoms with van der Waals surface area (Å²) in [4.78, 5) is 34.6. The summed E-state index contributed by atoms with van der Waals surface area (Å²) in [6.45, 7) is 6.77. The number of pyridine rings is 1. The van der Waals surface area contributed by atoms with E-state index < -0.39 is 10.7 Å². The fourth-order valence-electron chi connectivity index (χ4n) is 2.82.